The minimum atomic E-state index is -4.31. The molecule has 2 fully saturated rings. The van der Waals surface area contributed by atoms with Crippen molar-refractivity contribution in [2.45, 2.75) is 31.5 Å². The molecule has 1 aromatic carbocycles. The van der Waals surface area contributed by atoms with E-state index in [4.69, 9.17) is 9.05 Å². The third-order valence-corrected chi connectivity index (χ3v) is 4.70. The number of likely N-dealkylation sites (tertiary alicyclic amines) is 1. The van der Waals surface area contributed by atoms with Crippen molar-refractivity contribution >= 4 is 7.91 Å². The van der Waals surface area contributed by atoms with Crippen molar-refractivity contribution in [2.75, 3.05) is 13.2 Å². The second-order valence-corrected chi connectivity index (χ2v) is 6.37. The third kappa shape index (κ3) is 3.06. The average molecular weight is 285 g/mol. The Labute approximate surface area is 112 Å². The normalized spacial score (nSPS) is 35.8. The fraction of sp³-hybridized carbons (Fsp3) is 0.538. The molecule has 3 rings (SSSR count). The molecule has 0 aliphatic carbocycles. The number of fused-ring (bicyclic) bond motifs is 1. The van der Waals surface area contributed by atoms with Crippen LogP contribution in [0.3, 0.4) is 0 Å². The van der Waals surface area contributed by atoms with Crippen LogP contribution in [0.1, 0.15) is 18.4 Å². The lowest BCUT2D eigenvalue weighted by molar-refractivity contribution is -0.0503. The Hall–Kier alpha value is -0.740. The van der Waals surface area contributed by atoms with Crippen LogP contribution in [0.15, 0.2) is 30.3 Å². The topological polar surface area (TPSA) is 38.8 Å². The molecule has 19 heavy (non-hydrogen) atoms. The van der Waals surface area contributed by atoms with Crippen molar-refractivity contribution < 1.29 is 17.8 Å². The summed E-state index contributed by atoms with van der Waals surface area (Å²) in [7, 11) is -4.31. The first-order valence-corrected chi connectivity index (χ1v) is 7.98. The van der Waals surface area contributed by atoms with Crippen molar-refractivity contribution in [3.63, 3.8) is 0 Å². The monoisotopic (exact) mass is 285 g/mol. The molecule has 0 bridgehead atoms. The summed E-state index contributed by atoms with van der Waals surface area (Å²) in [5.41, 5.74) is 1.21. The molecule has 0 saturated carbocycles. The lowest BCUT2D eigenvalue weighted by atomic mass is 9.98. The summed E-state index contributed by atoms with van der Waals surface area (Å²) >= 11 is 0. The molecule has 2 aliphatic rings. The molecule has 6 heteroatoms. The number of hydrogen-bond donors (Lipinski definition) is 0. The zero-order valence-corrected chi connectivity index (χ0v) is 11.5. The van der Waals surface area contributed by atoms with Gasteiger partial charge in [-0.15, -0.1) is 4.20 Å². The Balaban J connectivity index is 1.71. The molecule has 0 amide bonds. The Kier molecular flexibility index (Phi) is 3.72. The second kappa shape index (κ2) is 5.33. The molecule has 4 nitrogen and oxygen atoms in total. The van der Waals surface area contributed by atoms with E-state index >= 15 is 0 Å². The van der Waals surface area contributed by atoms with Gasteiger partial charge in [-0.25, -0.2) is 4.57 Å². The van der Waals surface area contributed by atoms with Gasteiger partial charge in [0.15, 0.2) is 0 Å². The summed E-state index contributed by atoms with van der Waals surface area (Å²) in [4.78, 5) is 2.22. The van der Waals surface area contributed by atoms with E-state index in [9.17, 15) is 8.76 Å². The lowest BCUT2D eigenvalue weighted by Gasteiger charge is -2.43. The number of nitrogens with zero attached hydrogens (tertiary/aromatic N) is 1. The van der Waals surface area contributed by atoms with Crippen LogP contribution in [0.2, 0.25) is 0 Å². The Bertz CT molecular complexity index is 484. The highest BCUT2D eigenvalue weighted by molar-refractivity contribution is 7.48. The summed E-state index contributed by atoms with van der Waals surface area (Å²) in [6.45, 7) is 1.86. The second-order valence-electron chi connectivity index (χ2n) is 5.04. The van der Waals surface area contributed by atoms with E-state index in [1.807, 2.05) is 18.2 Å². The predicted molar refractivity (Wildman–Crippen MR) is 69.4 cm³/mol. The highest BCUT2D eigenvalue weighted by Crippen LogP contribution is 2.55. The first-order chi connectivity index (χ1) is 9.14. The van der Waals surface area contributed by atoms with Crippen molar-refractivity contribution in [1.82, 2.24) is 4.90 Å². The summed E-state index contributed by atoms with van der Waals surface area (Å²) in [6, 6.07) is 10.1. The highest BCUT2D eigenvalue weighted by Gasteiger charge is 2.44. The number of piperidine rings is 1. The molecule has 0 aromatic heterocycles. The van der Waals surface area contributed by atoms with Gasteiger partial charge in [-0.3, -0.25) is 13.9 Å². The molecule has 2 heterocycles. The Morgan fingerprint density at radius 1 is 1.37 bits per heavy atom. The van der Waals surface area contributed by atoms with E-state index in [0.29, 0.717) is 0 Å². The van der Waals surface area contributed by atoms with Crippen molar-refractivity contribution in [1.29, 1.82) is 0 Å². The molecule has 3 atom stereocenters. The van der Waals surface area contributed by atoms with Gasteiger partial charge in [0.05, 0.1) is 18.8 Å². The molecule has 1 unspecified atom stereocenters. The highest BCUT2D eigenvalue weighted by atomic mass is 31.2. The molecule has 104 valence electrons. The van der Waals surface area contributed by atoms with Gasteiger partial charge < -0.3 is 0 Å². The molecule has 0 N–H and O–H groups in total. The summed E-state index contributed by atoms with van der Waals surface area (Å²) in [5.74, 6) is 0. The lowest BCUT2D eigenvalue weighted by Crippen LogP contribution is -2.52. The van der Waals surface area contributed by atoms with Crippen LogP contribution in [0.4, 0.5) is 4.20 Å². The molecular weight excluding hydrogens is 268 g/mol. The van der Waals surface area contributed by atoms with Crippen molar-refractivity contribution in [3.8, 4) is 0 Å². The summed E-state index contributed by atoms with van der Waals surface area (Å²) in [5, 5.41) is 0. The van der Waals surface area contributed by atoms with Gasteiger partial charge in [0.2, 0.25) is 0 Å². The number of benzene rings is 1. The number of rotatable bonds is 2. The minimum absolute atomic E-state index is 0.00761. The van der Waals surface area contributed by atoms with E-state index in [-0.39, 0.29) is 18.8 Å². The minimum Gasteiger partial charge on any atom is -0.291 e. The maximum absolute atomic E-state index is 13.3. The molecule has 2 saturated heterocycles. The summed E-state index contributed by atoms with van der Waals surface area (Å²) in [6.07, 6.45) is 1.35. The van der Waals surface area contributed by atoms with Gasteiger partial charge in [-0.1, -0.05) is 30.3 Å². The largest absolute Gasteiger partial charge is 0.513 e. The van der Waals surface area contributed by atoms with Crippen LogP contribution in [-0.4, -0.2) is 30.2 Å². The van der Waals surface area contributed by atoms with Crippen molar-refractivity contribution in [3.05, 3.63) is 35.9 Å². The first kappa shape index (κ1) is 13.3. The van der Waals surface area contributed by atoms with E-state index < -0.39 is 7.91 Å². The zero-order chi connectivity index (χ0) is 13.3. The van der Waals surface area contributed by atoms with Gasteiger partial charge in [-0.05, 0) is 24.9 Å². The van der Waals surface area contributed by atoms with Gasteiger partial charge in [0.1, 0.15) is 0 Å². The van der Waals surface area contributed by atoms with E-state index in [1.54, 1.807) is 0 Å². The molecule has 2 aliphatic heterocycles. The quantitative estimate of drug-likeness (QED) is 0.782. The molecular formula is C13H17FNO3P. The predicted octanol–water partition coefficient (Wildman–Crippen LogP) is 3.14. The maximum Gasteiger partial charge on any atom is 0.513 e. The van der Waals surface area contributed by atoms with Gasteiger partial charge in [-0.2, -0.15) is 0 Å². The molecule has 1 aromatic rings. The van der Waals surface area contributed by atoms with Crippen LogP contribution in [0.25, 0.3) is 0 Å². The first-order valence-electron chi connectivity index (χ1n) is 6.55. The van der Waals surface area contributed by atoms with Crippen LogP contribution in [0.5, 0.6) is 0 Å². The third-order valence-electron chi connectivity index (χ3n) is 3.72. The fourth-order valence-electron chi connectivity index (χ4n) is 2.80. The van der Waals surface area contributed by atoms with E-state index in [2.05, 4.69) is 17.0 Å². The van der Waals surface area contributed by atoms with E-state index in [1.165, 1.54) is 5.56 Å². The average Bonchev–Trinajstić information content (AvgIpc) is 2.39. The van der Waals surface area contributed by atoms with Gasteiger partial charge in [0.25, 0.3) is 0 Å². The maximum atomic E-state index is 13.3. The van der Waals surface area contributed by atoms with Crippen molar-refractivity contribution in [2.24, 2.45) is 0 Å². The van der Waals surface area contributed by atoms with E-state index in [0.717, 1.165) is 25.9 Å². The Morgan fingerprint density at radius 3 is 2.95 bits per heavy atom. The standard InChI is InChI=1S/C13H17FNO3P/c14-19(16)17-10-12-13(18-19)7-4-8-15(12)9-11-5-2-1-3-6-11/h1-3,5-6,12-13H,4,7-10H2/t12-,13+,19?/m1/s1. The van der Waals surface area contributed by atoms with Crippen LogP contribution in [-0.2, 0) is 20.2 Å². The number of halogens is 1. The van der Waals surface area contributed by atoms with Gasteiger partial charge >= 0.3 is 7.91 Å². The fourth-order valence-corrected chi connectivity index (χ4v) is 3.76. The van der Waals surface area contributed by atoms with Crippen LogP contribution < -0.4 is 0 Å². The van der Waals surface area contributed by atoms with Crippen LogP contribution >= 0.6 is 7.91 Å². The number of hydrogen-bond acceptors (Lipinski definition) is 4. The molecule has 0 spiro atoms. The molecule has 0 radical (unpaired) electrons. The zero-order valence-electron chi connectivity index (χ0n) is 10.6. The smallest absolute Gasteiger partial charge is 0.291 e. The SMILES string of the molecule is O=P1(F)OC[C@@H]2[C@H](CCCN2Cc2ccccc2)O1. The van der Waals surface area contributed by atoms with Gasteiger partial charge in [0, 0.05) is 6.54 Å². The van der Waals surface area contributed by atoms with Crippen LogP contribution in [0, 0.1) is 0 Å². The summed E-state index contributed by atoms with van der Waals surface area (Å²) < 4.78 is 34.2. The Morgan fingerprint density at radius 2 is 2.16 bits per heavy atom.